The first-order valence-corrected chi connectivity index (χ1v) is 49.5. The van der Waals surface area contributed by atoms with Gasteiger partial charge in [-0.2, -0.15) is 0 Å². The van der Waals surface area contributed by atoms with Crippen LogP contribution in [-0.2, 0) is 315 Å². The fourth-order valence-corrected chi connectivity index (χ4v) is 60.0. The second-order valence-electron chi connectivity index (χ2n) is 6.18. The van der Waals surface area contributed by atoms with E-state index in [-0.39, 0.29) is 68.9 Å². The minimum atomic E-state index is -8.82. The Labute approximate surface area is 393 Å². The number of rotatable bonds is 24. The van der Waals surface area contributed by atoms with E-state index in [1.807, 2.05) is 0 Å². The summed E-state index contributed by atoms with van der Waals surface area (Å²) < 4.78 is 351. The van der Waals surface area contributed by atoms with Gasteiger partial charge in [0.15, 0.2) is 0 Å². The zero-order valence-electron chi connectivity index (χ0n) is 22.7. The molecule has 0 radical (unpaired) electrons. The molecule has 0 fully saturated rings. The quantitative estimate of drug-likeness (QED) is 0.0640. The molecular formula is CsMo12O40P-2. The van der Waals surface area contributed by atoms with E-state index in [1.54, 1.807) is 0 Å². The van der Waals surface area contributed by atoms with E-state index in [0.717, 1.165) is 0 Å². The van der Waals surface area contributed by atoms with Crippen molar-refractivity contribution in [3.05, 3.63) is 0 Å². The van der Waals surface area contributed by atoms with Gasteiger partial charge in [0.25, 0.3) is 0 Å². The van der Waals surface area contributed by atoms with Crippen LogP contribution in [0.25, 0.3) is 0 Å². The molecule has 0 N–H and O–H groups in total. The van der Waals surface area contributed by atoms with Crippen LogP contribution < -0.4 is 80.2 Å². The molecule has 40 nitrogen and oxygen atoms in total. The van der Waals surface area contributed by atoms with Gasteiger partial charge in [-0.15, -0.1) is 0 Å². The molecule has 0 rings (SSSR count). The fourth-order valence-electron chi connectivity index (χ4n) is 1.40. The average Bonchev–Trinajstić information content (AvgIpc) is 2.58. The van der Waals surface area contributed by atoms with E-state index < -0.39 is 209 Å². The Hall–Kier alpha value is 5.14. The molecule has 320 valence electrons. The molecule has 0 bridgehead atoms. The van der Waals surface area contributed by atoms with Crippen LogP contribution in [0, 0.1) is 0 Å². The standard InChI is InChI=1S/Cs.12Mo.H3O4P.36O/c;;;;;;;;;;;;;1-5(2,3)4;;;;;;;;;;;;;;;;;;;;;;;;;;;;;;;;;;;;/h;;;;;;;;;;;;;(H3,1,2,3,4);;;;;;;;;;;;;;;;;;;;;;;;;;;;;;;;;;;;/q+1;;;;;;;;;;3*+1;;;;;;;;;;;;;;;;;;;;;;;;;;;;;;;;;;;3*-1/p-3. The van der Waals surface area contributed by atoms with Gasteiger partial charge < -0.3 is 0 Å². The van der Waals surface area contributed by atoms with Crippen molar-refractivity contribution < 1.29 is 395 Å². The summed E-state index contributed by atoms with van der Waals surface area (Å²) in [5.41, 5.74) is 0. The molecule has 0 aromatic rings. The first-order chi connectivity index (χ1) is 22.5. The Morgan fingerprint density at radius 1 is 0.259 bits per heavy atom. The van der Waals surface area contributed by atoms with Crippen LogP contribution in [0.3, 0.4) is 0 Å². The minimum Gasteiger partial charge on any atom is 1.00 e. The van der Waals surface area contributed by atoms with Crippen LogP contribution in [0.5, 0.6) is 0 Å². The molecule has 0 aliphatic heterocycles. The van der Waals surface area contributed by atoms with Crippen molar-refractivity contribution in [1.29, 1.82) is 0 Å². The van der Waals surface area contributed by atoms with Gasteiger partial charge in [-0.05, 0) is 0 Å². The van der Waals surface area contributed by atoms with Crippen molar-refractivity contribution in [3.8, 4) is 0 Å². The Morgan fingerprint density at radius 3 is 0.537 bits per heavy atom. The van der Waals surface area contributed by atoms with Gasteiger partial charge in [-0.3, -0.25) is 0 Å². The van der Waals surface area contributed by atoms with E-state index in [9.17, 15) is 97.4 Å². The molecule has 0 aromatic heterocycles. The summed E-state index contributed by atoms with van der Waals surface area (Å²) in [5.74, 6) is 0. The van der Waals surface area contributed by atoms with Crippen molar-refractivity contribution in [3.63, 3.8) is 0 Å². The van der Waals surface area contributed by atoms with Crippen molar-refractivity contribution in [1.82, 2.24) is 0 Å². The maximum Gasteiger partial charge on any atom is 1.00 e. The van der Waals surface area contributed by atoms with Crippen molar-refractivity contribution in [2.24, 2.45) is 0 Å². The van der Waals surface area contributed by atoms with Gasteiger partial charge in [0.05, 0.1) is 0 Å². The Kier molecular flexibility index (Phi) is 23.8. The molecule has 54 heavy (non-hydrogen) atoms. The Morgan fingerprint density at radius 2 is 0.389 bits per heavy atom. The average molecular weight is 1960 g/mol. The zero-order valence-corrected chi connectivity index (χ0v) is 53.9. The van der Waals surface area contributed by atoms with Gasteiger partial charge in [0, 0.05) is 0 Å². The summed E-state index contributed by atoms with van der Waals surface area (Å²) >= 11 is -98.5. The fraction of sp³-hybridized carbons (Fsp3) is 0. The molecule has 54 heteroatoms. The third kappa shape index (κ3) is 30.3. The summed E-state index contributed by atoms with van der Waals surface area (Å²) in [6.07, 6.45) is 0. The molecule has 0 atom stereocenters. The van der Waals surface area contributed by atoms with E-state index in [2.05, 4.69) is 27.9 Å². The minimum absolute atomic E-state index is 0. The predicted molar refractivity (Wildman–Crippen MR) is 37.1 cm³/mol. The molecule has 0 unspecified atom stereocenters. The van der Waals surface area contributed by atoms with Crippen LogP contribution >= 0.6 is 7.82 Å². The number of hydrogen-bond donors (Lipinski definition) is 0. The number of hydrogen-bond acceptors (Lipinski definition) is 40. The maximum atomic E-state index is 12.7. The molecule has 0 amide bonds. The summed E-state index contributed by atoms with van der Waals surface area (Å²) in [6, 6.07) is 0. The third-order valence-electron chi connectivity index (χ3n) is 2.05. The largest absolute Gasteiger partial charge is 1.00 e. The normalized spacial score (nSPS) is 15.3. The van der Waals surface area contributed by atoms with E-state index in [4.69, 9.17) is 0 Å². The summed E-state index contributed by atoms with van der Waals surface area (Å²) in [4.78, 5) is 0. The maximum absolute atomic E-state index is 12.7. The van der Waals surface area contributed by atoms with Crippen molar-refractivity contribution in [2.45, 2.75) is 0 Å². The SMILES string of the molecule is O=P([O][Mo](=[O])(=[O])[O][Mo](=[O])(=[O])[O][Mo](=[O])(=[O])[O][Mo](=[O])(=[O])[O-])([O][Mo](=[O])(=[O])[O][Mo](=[O])(=[O])[O][Mo](=[O])(=[O])[O][Mo](=[O])(=[O])[O-])[O][Mo](=[O])(=[O])[O][Mo](=[O])(=[O])[O][Mo](=[O])(=[O])[O][Mo](=[O])(=[O])[O-].[Cs+]. The molecule has 0 saturated carbocycles. The summed E-state index contributed by atoms with van der Waals surface area (Å²) in [6.45, 7) is 0. The van der Waals surface area contributed by atoms with Crippen LogP contribution in [0.1, 0.15) is 0 Å². The van der Waals surface area contributed by atoms with E-state index in [1.165, 1.54) is 0 Å². The van der Waals surface area contributed by atoms with Crippen molar-refractivity contribution in [2.75, 3.05) is 0 Å². The van der Waals surface area contributed by atoms with Gasteiger partial charge in [-0.25, -0.2) is 0 Å². The van der Waals surface area contributed by atoms with Crippen LogP contribution in [0.2, 0.25) is 0 Å². The van der Waals surface area contributed by atoms with Gasteiger partial charge >= 0.3 is 403 Å². The Bertz CT molecular complexity index is 2510. The summed E-state index contributed by atoms with van der Waals surface area (Å²) in [5, 5.41) is 0. The Balaban J connectivity index is 0. The first kappa shape index (κ1) is 61.2. The molecule has 0 spiro atoms. The predicted octanol–water partition coefficient (Wildman–Crippen LogP) is -9.52. The first-order valence-electron chi connectivity index (χ1n) is 8.73. The third-order valence-corrected chi connectivity index (χ3v) is 62.2. The van der Waals surface area contributed by atoms with Crippen LogP contribution in [0.4, 0.5) is 0 Å². The summed E-state index contributed by atoms with van der Waals surface area (Å²) in [7, 11) is -7.94. The second kappa shape index (κ2) is 21.0. The molecular weight excluding hydrogens is 1960 g/mol. The van der Waals surface area contributed by atoms with Gasteiger partial charge in [0.2, 0.25) is 0 Å². The van der Waals surface area contributed by atoms with E-state index in [0.29, 0.717) is 0 Å². The van der Waals surface area contributed by atoms with E-state index >= 15 is 0 Å². The van der Waals surface area contributed by atoms with Gasteiger partial charge in [0.1, 0.15) is 0 Å². The monoisotopic (exact) mass is 1980 g/mol. The molecule has 0 aliphatic carbocycles. The van der Waals surface area contributed by atoms with Gasteiger partial charge in [-0.1, -0.05) is 0 Å². The molecule has 0 aromatic carbocycles. The molecule has 0 aliphatic rings. The van der Waals surface area contributed by atoms with Crippen LogP contribution in [-0.4, -0.2) is 0 Å². The number of phosphoric acid groups is 1. The molecule has 0 heterocycles. The second-order valence-corrected chi connectivity index (χ2v) is 55.7. The topological polar surface area (TPSA) is 607 Å². The van der Waals surface area contributed by atoms with Crippen molar-refractivity contribution >= 4 is 7.82 Å². The molecule has 0 saturated heterocycles. The zero-order chi connectivity index (χ0) is 43.0. The smallest absolute Gasteiger partial charge is 1.00 e. The van der Waals surface area contributed by atoms with Crippen LogP contribution in [0.15, 0.2) is 0 Å².